The third-order valence-electron chi connectivity index (χ3n) is 3.75. The molecule has 0 aromatic rings. The summed E-state index contributed by atoms with van der Waals surface area (Å²) in [6, 6.07) is 0.0321. The summed E-state index contributed by atoms with van der Waals surface area (Å²) in [5.74, 6) is 0. The van der Waals surface area contributed by atoms with Crippen LogP contribution >= 0.6 is 0 Å². The SMILES string of the molecule is CCC(C)(CCO)NC(=O)N1CCCCCC1. The molecule has 0 radical (unpaired) electrons. The second-order valence-electron chi connectivity index (χ2n) is 5.22. The third-order valence-corrected chi connectivity index (χ3v) is 3.75. The molecule has 1 rings (SSSR count). The monoisotopic (exact) mass is 242 g/mol. The van der Waals surface area contributed by atoms with E-state index in [2.05, 4.69) is 5.32 Å². The van der Waals surface area contributed by atoms with Crippen molar-refractivity contribution in [1.82, 2.24) is 10.2 Å². The van der Waals surface area contributed by atoms with Crippen molar-refractivity contribution < 1.29 is 9.90 Å². The van der Waals surface area contributed by atoms with Crippen LogP contribution in [0.5, 0.6) is 0 Å². The Morgan fingerprint density at radius 3 is 2.35 bits per heavy atom. The Bertz CT molecular complexity index is 238. The van der Waals surface area contributed by atoms with Gasteiger partial charge in [0.2, 0.25) is 0 Å². The van der Waals surface area contributed by atoms with Gasteiger partial charge in [-0.15, -0.1) is 0 Å². The molecule has 0 bridgehead atoms. The van der Waals surface area contributed by atoms with Crippen LogP contribution in [0.15, 0.2) is 0 Å². The van der Waals surface area contributed by atoms with Crippen LogP contribution in [0, 0.1) is 0 Å². The number of hydrogen-bond donors (Lipinski definition) is 2. The normalized spacial score (nSPS) is 20.5. The molecule has 1 aliphatic heterocycles. The van der Waals surface area contributed by atoms with E-state index in [0.29, 0.717) is 6.42 Å². The molecule has 1 heterocycles. The molecule has 1 fully saturated rings. The molecular formula is C13H26N2O2. The van der Waals surface area contributed by atoms with Gasteiger partial charge < -0.3 is 15.3 Å². The minimum absolute atomic E-state index is 0.0321. The van der Waals surface area contributed by atoms with Crippen molar-refractivity contribution in [2.75, 3.05) is 19.7 Å². The van der Waals surface area contributed by atoms with E-state index in [9.17, 15) is 4.79 Å². The lowest BCUT2D eigenvalue weighted by molar-refractivity contribution is 0.172. The Labute approximate surface area is 104 Å². The van der Waals surface area contributed by atoms with Gasteiger partial charge in [-0.05, 0) is 32.6 Å². The minimum atomic E-state index is -0.280. The lowest BCUT2D eigenvalue weighted by atomic mass is 9.95. The van der Waals surface area contributed by atoms with E-state index in [1.165, 1.54) is 12.8 Å². The molecular weight excluding hydrogens is 216 g/mol. The quantitative estimate of drug-likeness (QED) is 0.793. The Morgan fingerprint density at radius 1 is 1.29 bits per heavy atom. The molecule has 1 atom stereocenters. The van der Waals surface area contributed by atoms with Gasteiger partial charge in [0, 0.05) is 25.2 Å². The topological polar surface area (TPSA) is 52.6 Å². The van der Waals surface area contributed by atoms with Crippen LogP contribution in [-0.4, -0.2) is 41.3 Å². The summed E-state index contributed by atoms with van der Waals surface area (Å²) >= 11 is 0. The fourth-order valence-electron chi connectivity index (χ4n) is 2.19. The molecule has 2 N–H and O–H groups in total. The maximum Gasteiger partial charge on any atom is 0.317 e. The predicted molar refractivity (Wildman–Crippen MR) is 69.0 cm³/mol. The molecule has 0 spiro atoms. The first-order valence-electron chi connectivity index (χ1n) is 6.79. The number of likely N-dealkylation sites (tertiary alicyclic amines) is 1. The molecule has 0 aliphatic carbocycles. The van der Waals surface area contributed by atoms with E-state index < -0.39 is 0 Å². The molecule has 1 saturated heterocycles. The summed E-state index contributed by atoms with van der Waals surface area (Å²) in [7, 11) is 0. The second kappa shape index (κ2) is 6.84. The molecule has 0 saturated carbocycles. The standard InChI is InChI=1S/C13H26N2O2/c1-3-13(2,8-11-16)14-12(17)15-9-6-4-5-7-10-15/h16H,3-11H2,1-2H3,(H,14,17). The molecule has 4 heteroatoms. The van der Waals surface area contributed by atoms with Gasteiger partial charge in [-0.2, -0.15) is 0 Å². The zero-order valence-electron chi connectivity index (χ0n) is 11.2. The fourth-order valence-corrected chi connectivity index (χ4v) is 2.19. The van der Waals surface area contributed by atoms with Crippen molar-refractivity contribution in [2.45, 2.75) is 57.9 Å². The van der Waals surface area contributed by atoms with Crippen molar-refractivity contribution >= 4 is 6.03 Å². The van der Waals surface area contributed by atoms with E-state index >= 15 is 0 Å². The average Bonchev–Trinajstić information content (AvgIpc) is 2.57. The van der Waals surface area contributed by atoms with Gasteiger partial charge in [-0.25, -0.2) is 4.79 Å². The molecule has 0 aromatic heterocycles. The van der Waals surface area contributed by atoms with Crippen LogP contribution in [0.4, 0.5) is 4.79 Å². The molecule has 4 nitrogen and oxygen atoms in total. The summed E-state index contributed by atoms with van der Waals surface area (Å²) in [5, 5.41) is 12.1. The minimum Gasteiger partial charge on any atom is -0.396 e. The number of carbonyl (C=O) groups excluding carboxylic acids is 1. The maximum absolute atomic E-state index is 12.1. The van der Waals surface area contributed by atoms with E-state index in [-0.39, 0.29) is 18.2 Å². The average molecular weight is 242 g/mol. The summed E-state index contributed by atoms with van der Waals surface area (Å²) in [5.41, 5.74) is -0.280. The van der Waals surface area contributed by atoms with Gasteiger partial charge >= 0.3 is 6.03 Å². The van der Waals surface area contributed by atoms with Gasteiger partial charge in [0.15, 0.2) is 0 Å². The van der Waals surface area contributed by atoms with Gasteiger partial charge in [0.05, 0.1) is 0 Å². The van der Waals surface area contributed by atoms with Crippen molar-refractivity contribution in [3.05, 3.63) is 0 Å². The Hall–Kier alpha value is -0.770. The van der Waals surface area contributed by atoms with Crippen molar-refractivity contribution in [1.29, 1.82) is 0 Å². The molecule has 1 aliphatic rings. The van der Waals surface area contributed by atoms with E-state index in [1.54, 1.807) is 0 Å². The van der Waals surface area contributed by atoms with Crippen molar-refractivity contribution in [2.24, 2.45) is 0 Å². The number of nitrogens with zero attached hydrogens (tertiary/aromatic N) is 1. The highest BCUT2D eigenvalue weighted by molar-refractivity contribution is 5.75. The molecule has 2 amide bonds. The first-order valence-corrected chi connectivity index (χ1v) is 6.79. The number of aliphatic hydroxyl groups excluding tert-OH is 1. The van der Waals surface area contributed by atoms with Gasteiger partial charge in [-0.3, -0.25) is 0 Å². The molecule has 100 valence electrons. The Balaban J connectivity index is 2.50. The van der Waals surface area contributed by atoms with Crippen LogP contribution in [-0.2, 0) is 0 Å². The van der Waals surface area contributed by atoms with Gasteiger partial charge in [0.25, 0.3) is 0 Å². The van der Waals surface area contributed by atoms with Crippen molar-refractivity contribution in [3.63, 3.8) is 0 Å². The number of amides is 2. The second-order valence-corrected chi connectivity index (χ2v) is 5.22. The van der Waals surface area contributed by atoms with E-state index in [0.717, 1.165) is 32.4 Å². The summed E-state index contributed by atoms with van der Waals surface area (Å²) in [4.78, 5) is 14.0. The third kappa shape index (κ3) is 4.54. The zero-order chi connectivity index (χ0) is 12.7. The first kappa shape index (κ1) is 14.3. The lowest BCUT2D eigenvalue weighted by Gasteiger charge is -2.32. The molecule has 17 heavy (non-hydrogen) atoms. The van der Waals surface area contributed by atoms with Gasteiger partial charge in [-0.1, -0.05) is 19.8 Å². The summed E-state index contributed by atoms with van der Waals surface area (Å²) in [6.45, 7) is 5.89. The van der Waals surface area contributed by atoms with Gasteiger partial charge in [0.1, 0.15) is 0 Å². The number of carbonyl (C=O) groups is 1. The van der Waals surface area contributed by atoms with E-state index in [1.807, 2.05) is 18.7 Å². The fraction of sp³-hybridized carbons (Fsp3) is 0.923. The molecule has 1 unspecified atom stereocenters. The van der Waals surface area contributed by atoms with Crippen LogP contribution in [0.3, 0.4) is 0 Å². The molecule has 0 aromatic carbocycles. The summed E-state index contributed by atoms with van der Waals surface area (Å²) < 4.78 is 0. The van der Waals surface area contributed by atoms with Crippen molar-refractivity contribution in [3.8, 4) is 0 Å². The van der Waals surface area contributed by atoms with E-state index in [4.69, 9.17) is 5.11 Å². The highest BCUT2D eigenvalue weighted by Crippen LogP contribution is 2.16. The number of hydrogen-bond acceptors (Lipinski definition) is 2. The highest BCUT2D eigenvalue weighted by Gasteiger charge is 2.26. The Kier molecular flexibility index (Phi) is 5.75. The largest absolute Gasteiger partial charge is 0.396 e. The number of nitrogens with one attached hydrogen (secondary N) is 1. The first-order chi connectivity index (χ1) is 8.11. The van der Waals surface area contributed by atoms with Crippen LogP contribution < -0.4 is 5.32 Å². The van der Waals surface area contributed by atoms with Crippen LogP contribution in [0.2, 0.25) is 0 Å². The number of aliphatic hydroxyl groups is 1. The zero-order valence-corrected chi connectivity index (χ0v) is 11.2. The summed E-state index contributed by atoms with van der Waals surface area (Å²) in [6.07, 6.45) is 6.12. The number of urea groups is 1. The lowest BCUT2D eigenvalue weighted by Crippen LogP contribution is -2.52. The number of rotatable bonds is 4. The van der Waals surface area contributed by atoms with Crippen LogP contribution in [0.1, 0.15) is 52.4 Å². The maximum atomic E-state index is 12.1. The van der Waals surface area contributed by atoms with Crippen LogP contribution in [0.25, 0.3) is 0 Å². The highest BCUT2D eigenvalue weighted by atomic mass is 16.3. The Morgan fingerprint density at radius 2 is 1.88 bits per heavy atom. The smallest absolute Gasteiger partial charge is 0.317 e. The predicted octanol–water partition coefficient (Wildman–Crippen LogP) is 2.12.